The molecule has 8 nitrogen and oxygen atoms in total. The number of methoxy groups -OCH3 is 2. The first-order valence-corrected chi connectivity index (χ1v) is 14.8. The maximum absolute atomic E-state index is 13.5. The molecule has 5 rings (SSSR count). The molecule has 2 atom stereocenters. The summed E-state index contributed by atoms with van der Waals surface area (Å²) in [5.74, 6) is 1.24. The molecule has 1 aliphatic carbocycles. The highest BCUT2D eigenvalue weighted by atomic mass is 32.2. The van der Waals surface area contributed by atoms with E-state index in [4.69, 9.17) is 9.47 Å². The van der Waals surface area contributed by atoms with Crippen molar-refractivity contribution in [2.45, 2.75) is 36.5 Å². The summed E-state index contributed by atoms with van der Waals surface area (Å²) in [4.78, 5) is 15.3. The number of hydrogen-bond donors (Lipinski definition) is 2. The molecule has 2 fully saturated rings. The van der Waals surface area contributed by atoms with E-state index in [1.807, 2.05) is 54.6 Å². The van der Waals surface area contributed by atoms with Gasteiger partial charge in [-0.05, 0) is 73.1 Å². The fraction of sp³-hybridized carbons (Fsp3) is 0.367. The number of benzene rings is 3. The summed E-state index contributed by atoms with van der Waals surface area (Å²) >= 11 is 0. The molecule has 9 heteroatoms. The van der Waals surface area contributed by atoms with E-state index in [1.54, 1.807) is 26.4 Å². The fourth-order valence-electron chi connectivity index (χ4n) is 5.26. The van der Waals surface area contributed by atoms with Gasteiger partial charge in [0.2, 0.25) is 15.9 Å². The second-order valence-electron chi connectivity index (χ2n) is 10.1. The molecule has 0 aromatic heterocycles. The van der Waals surface area contributed by atoms with Crippen LogP contribution in [-0.2, 0) is 21.2 Å². The van der Waals surface area contributed by atoms with Crippen LogP contribution < -0.4 is 24.4 Å². The third kappa shape index (κ3) is 6.20. The van der Waals surface area contributed by atoms with Gasteiger partial charge >= 0.3 is 0 Å². The van der Waals surface area contributed by atoms with Crippen molar-refractivity contribution in [2.24, 2.45) is 5.92 Å². The van der Waals surface area contributed by atoms with Gasteiger partial charge in [0.15, 0.2) is 11.5 Å². The van der Waals surface area contributed by atoms with Gasteiger partial charge in [0, 0.05) is 31.2 Å². The Morgan fingerprint density at radius 2 is 1.69 bits per heavy atom. The highest BCUT2D eigenvalue weighted by molar-refractivity contribution is 7.89. The van der Waals surface area contributed by atoms with E-state index in [0.717, 1.165) is 43.5 Å². The average molecular weight is 550 g/mol. The zero-order valence-electron chi connectivity index (χ0n) is 22.4. The first-order valence-electron chi connectivity index (χ1n) is 13.3. The Kier molecular flexibility index (Phi) is 8.09. The number of nitrogens with one attached hydrogen (secondary N) is 2. The lowest BCUT2D eigenvalue weighted by Gasteiger charge is -2.22. The number of carbonyl (C=O) groups is 1. The molecular weight excluding hydrogens is 514 g/mol. The maximum Gasteiger partial charge on any atom is 0.242 e. The molecule has 1 heterocycles. The van der Waals surface area contributed by atoms with Crippen LogP contribution in [0.2, 0.25) is 0 Å². The quantitative estimate of drug-likeness (QED) is 0.364. The Bertz CT molecular complexity index is 1420. The van der Waals surface area contributed by atoms with Crippen molar-refractivity contribution in [1.29, 1.82) is 0 Å². The molecule has 1 amide bonds. The normalized spacial score (nSPS) is 18.6. The number of amides is 1. The number of anilines is 2. The van der Waals surface area contributed by atoms with Crippen LogP contribution >= 0.6 is 0 Å². The highest BCUT2D eigenvalue weighted by Gasteiger charge is 2.43. The van der Waals surface area contributed by atoms with Crippen LogP contribution in [0, 0.1) is 5.92 Å². The largest absolute Gasteiger partial charge is 0.493 e. The van der Waals surface area contributed by atoms with E-state index in [2.05, 4.69) is 14.9 Å². The lowest BCUT2D eigenvalue weighted by atomic mass is 10.1. The van der Waals surface area contributed by atoms with Gasteiger partial charge < -0.3 is 19.7 Å². The number of rotatable bonds is 11. The number of hydrogen-bond acceptors (Lipinski definition) is 6. The van der Waals surface area contributed by atoms with Crippen molar-refractivity contribution >= 4 is 27.3 Å². The van der Waals surface area contributed by atoms with Gasteiger partial charge in [0.25, 0.3) is 0 Å². The topological polar surface area (TPSA) is 97.0 Å². The first-order chi connectivity index (χ1) is 18.9. The molecule has 1 saturated carbocycles. The zero-order valence-corrected chi connectivity index (χ0v) is 23.2. The third-order valence-corrected chi connectivity index (χ3v) is 8.96. The smallest absolute Gasteiger partial charge is 0.242 e. The highest BCUT2D eigenvalue weighted by Crippen LogP contribution is 2.48. The van der Waals surface area contributed by atoms with Gasteiger partial charge in [-0.2, -0.15) is 0 Å². The van der Waals surface area contributed by atoms with Gasteiger partial charge in [-0.25, -0.2) is 13.1 Å². The molecule has 1 aliphatic heterocycles. The van der Waals surface area contributed by atoms with Gasteiger partial charge in [-0.15, -0.1) is 0 Å². The molecule has 3 aromatic carbocycles. The summed E-state index contributed by atoms with van der Waals surface area (Å²) in [6.07, 6.45) is 3.32. The number of ether oxygens (including phenoxy) is 2. The third-order valence-electron chi connectivity index (χ3n) is 7.47. The maximum atomic E-state index is 13.5. The van der Waals surface area contributed by atoms with Crippen molar-refractivity contribution in [3.05, 3.63) is 77.9 Å². The lowest BCUT2D eigenvalue weighted by Crippen LogP contribution is -2.29. The lowest BCUT2D eigenvalue weighted by molar-refractivity contribution is -0.117. The van der Waals surface area contributed by atoms with Crippen LogP contribution in [0.15, 0.2) is 71.6 Å². The van der Waals surface area contributed by atoms with Crippen LogP contribution in [0.3, 0.4) is 0 Å². The Balaban J connectivity index is 1.30. The Labute approximate surface area is 230 Å². The van der Waals surface area contributed by atoms with Crippen LogP contribution in [0.25, 0.3) is 0 Å². The summed E-state index contributed by atoms with van der Waals surface area (Å²) in [7, 11) is -0.696. The van der Waals surface area contributed by atoms with Crippen LogP contribution in [0.5, 0.6) is 11.5 Å². The summed E-state index contributed by atoms with van der Waals surface area (Å²) in [5.41, 5.74) is 3.23. The van der Waals surface area contributed by atoms with Crippen molar-refractivity contribution < 1.29 is 22.7 Å². The van der Waals surface area contributed by atoms with E-state index in [0.29, 0.717) is 29.3 Å². The van der Waals surface area contributed by atoms with Gasteiger partial charge in [0.1, 0.15) is 4.90 Å². The summed E-state index contributed by atoms with van der Waals surface area (Å²) < 4.78 is 40.5. The molecule has 0 bridgehead atoms. The Hall–Kier alpha value is -3.56. The monoisotopic (exact) mass is 549 g/mol. The van der Waals surface area contributed by atoms with E-state index in [1.165, 1.54) is 0 Å². The number of carbonyl (C=O) groups excluding carboxylic acids is 1. The molecular formula is C30H35N3O5S. The molecule has 2 N–H and O–H groups in total. The average Bonchev–Trinajstić information content (AvgIpc) is 3.58. The number of sulfonamides is 1. The molecule has 0 unspecified atom stereocenters. The minimum absolute atomic E-state index is 0.0810. The van der Waals surface area contributed by atoms with Crippen molar-refractivity contribution in [2.75, 3.05) is 44.1 Å². The molecule has 206 valence electrons. The Morgan fingerprint density at radius 3 is 2.41 bits per heavy atom. The second kappa shape index (κ2) is 11.7. The number of nitrogens with zero attached hydrogens (tertiary/aromatic N) is 1. The molecule has 3 aromatic rings. The van der Waals surface area contributed by atoms with Crippen molar-refractivity contribution in [3.63, 3.8) is 0 Å². The predicted molar refractivity (Wildman–Crippen MR) is 152 cm³/mol. The second-order valence-corrected chi connectivity index (χ2v) is 11.8. The zero-order chi connectivity index (χ0) is 27.4. The van der Waals surface area contributed by atoms with Crippen LogP contribution in [-0.4, -0.2) is 48.2 Å². The minimum atomic E-state index is -3.84. The van der Waals surface area contributed by atoms with E-state index in [-0.39, 0.29) is 29.2 Å². The van der Waals surface area contributed by atoms with E-state index >= 15 is 0 Å². The molecule has 2 aliphatic rings. The minimum Gasteiger partial charge on any atom is -0.493 e. The van der Waals surface area contributed by atoms with Crippen LogP contribution in [0.1, 0.15) is 36.3 Å². The Morgan fingerprint density at radius 1 is 0.949 bits per heavy atom. The molecule has 0 spiro atoms. The standard InChI is InChI=1S/C30H35N3O5S/c1-37-27-13-10-21(18-28(27)38-2)14-15-31-39(35,36)29-19-23(11-12-26(29)33-16-6-7-17-33)32-30(34)25-20-24(25)22-8-4-3-5-9-22/h3-5,8-13,18-19,24-25,31H,6-7,14-17,20H2,1-2H3,(H,32,34)/t24-,25-/m0/s1. The van der Waals surface area contributed by atoms with Crippen molar-refractivity contribution in [3.8, 4) is 11.5 Å². The fourth-order valence-corrected chi connectivity index (χ4v) is 6.54. The van der Waals surface area contributed by atoms with Crippen molar-refractivity contribution in [1.82, 2.24) is 4.72 Å². The van der Waals surface area contributed by atoms with Crippen LogP contribution in [0.4, 0.5) is 11.4 Å². The molecule has 1 saturated heterocycles. The summed E-state index contributed by atoms with van der Waals surface area (Å²) in [6.45, 7) is 1.83. The summed E-state index contributed by atoms with van der Waals surface area (Å²) in [6, 6.07) is 20.8. The molecule has 0 radical (unpaired) electrons. The molecule has 39 heavy (non-hydrogen) atoms. The van der Waals surface area contributed by atoms with E-state index < -0.39 is 10.0 Å². The van der Waals surface area contributed by atoms with Gasteiger partial charge in [-0.1, -0.05) is 36.4 Å². The summed E-state index contributed by atoms with van der Waals surface area (Å²) in [5, 5.41) is 2.96. The van der Waals surface area contributed by atoms with E-state index in [9.17, 15) is 13.2 Å². The predicted octanol–water partition coefficient (Wildman–Crippen LogP) is 4.57. The SMILES string of the molecule is COc1ccc(CCNS(=O)(=O)c2cc(NC(=O)[C@H]3C[C@H]3c3ccccc3)ccc2N2CCCC2)cc1OC. The first kappa shape index (κ1) is 27.0. The van der Waals surface area contributed by atoms with Gasteiger partial charge in [-0.3, -0.25) is 4.79 Å². The van der Waals surface area contributed by atoms with Gasteiger partial charge in [0.05, 0.1) is 19.9 Å².